The minimum absolute atomic E-state index is 0.383. The molecule has 0 spiro atoms. The van der Waals surface area contributed by atoms with Crippen LogP contribution in [0.1, 0.15) is 10.4 Å². The van der Waals surface area contributed by atoms with Crippen LogP contribution in [0.5, 0.6) is 0 Å². The molecule has 5 aromatic rings. The monoisotopic (exact) mass is 804 g/mol. The SMILES string of the molecule is Brc1cccn2nccc12.Brc1cccnc1.C#CC(=O)OC.COC(=O)c1cnn2cccc(Br)c12.NOS(=O)(=O)O. The van der Waals surface area contributed by atoms with E-state index >= 15 is 0 Å². The zero-order valence-electron chi connectivity index (χ0n) is 22.2. The lowest BCUT2D eigenvalue weighted by atomic mass is 10.3. The second-order valence-electron chi connectivity index (χ2n) is 7.05. The number of fused-ring (bicyclic) bond motifs is 2. The third-order valence-electron chi connectivity index (χ3n) is 4.33. The number of carbonyl (C=O) groups excluding carboxylic acids is 2. The maximum atomic E-state index is 11.3. The molecule has 0 aromatic carbocycles. The third kappa shape index (κ3) is 13.9. The van der Waals surface area contributed by atoms with Crippen molar-refractivity contribution < 1.29 is 36.3 Å². The molecule has 0 aliphatic rings. The summed E-state index contributed by atoms with van der Waals surface area (Å²) in [6, 6.07) is 13.4. The molecule has 0 unspecified atom stereocenters. The number of aromatic nitrogens is 5. The Kier molecular flexibility index (Phi) is 16.9. The van der Waals surface area contributed by atoms with Crippen LogP contribution in [-0.2, 0) is 29.0 Å². The Hall–Kier alpha value is -3.70. The standard InChI is InChI=1S/C9H7BrN2O2.C7H5BrN2.C5H4BrN.C4H4O2.H3NO4S/c1-14-9(13)6-5-11-12-4-2-3-7(10)8(6)12;8-6-2-1-5-10-7(6)3-4-9-10;6-5-2-1-3-7-4-5;1-3-4(5)6-2;1-5-6(2,3)4/h2-5H,1H3;1-5H;1-4H;1H,2H3;1H2,(H,2,3,4). The molecule has 14 nitrogen and oxygen atoms in total. The molecule has 5 heterocycles. The average molecular weight is 807 g/mol. The van der Waals surface area contributed by atoms with Gasteiger partial charge in [0.05, 0.1) is 37.6 Å². The maximum Gasteiger partial charge on any atom is 0.413 e. The molecule has 5 aromatic heterocycles. The summed E-state index contributed by atoms with van der Waals surface area (Å²) in [5.41, 5.74) is 2.28. The van der Waals surface area contributed by atoms with Crippen molar-refractivity contribution in [2.45, 2.75) is 0 Å². The second-order valence-corrected chi connectivity index (χ2v) is 10.7. The molecule has 5 rings (SSSR count). The Morgan fingerprint density at radius 2 is 1.56 bits per heavy atom. The molecule has 0 aliphatic carbocycles. The highest BCUT2D eigenvalue weighted by molar-refractivity contribution is 9.11. The fraction of sp³-hybridized carbons (Fsp3) is 0.0800. The molecule has 0 amide bonds. The van der Waals surface area contributed by atoms with Crippen molar-refractivity contribution in [1.82, 2.24) is 24.2 Å². The highest BCUT2D eigenvalue weighted by Gasteiger charge is 2.14. The predicted octanol–water partition coefficient (Wildman–Crippen LogP) is 4.30. The molecule has 0 atom stereocenters. The van der Waals surface area contributed by atoms with Gasteiger partial charge in [0.2, 0.25) is 0 Å². The van der Waals surface area contributed by atoms with E-state index in [-0.39, 0.29) is 5.97 Å². The smallest absolute Gasteiger partial charge is 0.413 e. The van der Waals surface area contributed by atoms with Gasteiger partial charge in [-0.15, -0.1) is 6.42 Å². The van der Waals surface area contributed by atoms with Gasteiger partial charge < -0.3 is 9.47 Å². The van der Waals surface area contributed by atoms with Gasteiger partial charge in [-0.05, 0) is 90.3 Å². The highest BCUT2D eigenvalue weighted by atomic mass is 79.9. The van der Waals surface area contributed by atoms with E-state index in [0.717, 1.165) is 24.5 Å². The number of ether oxygens (including phenoxy) is 2. The van der Waals surface area contributed by atoms with Crippen molar-refractivity contribution in [2.75, 3.05) is 14.2 Å². The summed E-state index contributed by atoms with van der Waals surface area (Å²) >= 11 is 10.0. The third-order valence-corrected chi connectivity index (χ3v) is 6.35. The molecule has 0 aliphatic heterocycles. The molecule has 43 heavy (non-hydrogen) atoms. The van der Waals surface area contributed by atoms with Gasteiger partial charge in [0.25, 0.3) is 0 Å². The number of pyridine rings is 3. The summed E-state index contributed by atoms with van der Waals surface area (Å²) in [5, 5.41) is 8.10. The van der Waals surface area contributed by atoms with Gasteiger partial charge in [0, 0.05) is 44.1 Å². The highest BCUT2D eigenvalue weighted by Crippen LogP contribution is 2.21. The first-order valence-electron chi connectivity index (χ1n) is 11.1. The first-order chi connectivity index (χ1) is 20.4. The van der Waals surface area contributed by atoms with Crippen LogP contribution in [-0.4, -0.2) is 63.3 Å². The summed E-state index contributed by atoms with van der Waals surface area (Å²) in [7, 11) is -1.80. The summed E-state index contributed by atoms with van der Waals surface area (Å²) in [6.45, 7) is 0. The Morgan fingerprint density at radius 3 is 2.00 bits per heavy atom. The minimum atomic E-state index is -4.38. The first kappa shape index (κ1) is 37.3. The van der Waals surface area contributed by atoms with Crippen molar-refractivity contribution in [3.63, 3.8) is 0 Å². The van der Waals surface area contributed by atoms with Gasteiger partial charge in [-0.2, -0.15) is 28.8 Å². The predicted molar refractivity (Wildman–Crippen MR) is 167 cm³/mol. The molecule has 0 bridgehead atoms. The van der Waals surface area contributed by atoms with E-state index in [1.807, 2.05) is 53.2 Å². The van der Waals surface area contributed by atoms with E-state index in [1.165, 1.54) is 20.4 Å². The van der Waals surface area contributed by atoms with Gasteiger partial charge in [-0.3, -0.25) is 9.54 Å². The van der Waals surface area contributed by atoms with Crippen LogP contribution in [0.2, 0.25) is 0 Å². The number of nitrogens with zero attached hydrogens (tertiary/aromatic N) is 5. The molecule has 228 valence electrons. The van der Waals surface area contributed by atoms with Gasteiger partial charge >= 0.3 is 22.3 Å². The number of methoxy groups -OCH3 is 2. The lowest BCUT2D eigenvalue weighted by molar-refractivity contribution is -0.133. The Labute approximate surface area is 271 Å². The summed E-state index contributed by atoms with van der Waals surface area (Å²) < 4.78 is 43.9. The van der Waals surface area contributed by atoms with Crippen molar-refractivity contribution in [1.29, 1.82) is 0 Å². The Morgan fingerprint density at radius 1 is 0.930 bits per heavy atom. The first-order valence-corrected chi connectivity index (χ1v) is 14.9. The number of hydrogen-bond donors (Lipinski definition) is 2. The maximum absolute atomic E-state index is 11.3. The van der Waals surface area contributed by atoms with Crippen molar-refractivity contribution in [3.8, 4) is 12.3 Å². The number of carbonyl (C=O) groups is 2. The minimum Gasteiger partial charge on any atom is -0.465 e. The van der Waals surface area contributed by atoms with Gasteiger partial charge in [-0.1, -0.05) is 0 Å². The number of hydrogen-bond acceptors (Lipinski definition) is 11. The Bertz CT molecular complexity index is 1760. The van der Waals surface area contributed by atoms with E-state index in [2.05, 4.69) is 89.0 Å². The Balaban J connectivity index is 0.000000283. The second kappa shape index (κ2) is 19.5. The van der Waals surface area contributed by atoms with Crippen LogP contribution < -0.4 is 5.90 Å². The van der Waals surface area contributed by atoms with Gasteiger partial charge in [0.15, 0.2) is 0 Å². The normalized spacial score (nSPS) is 9.72. The van der Waals surface area contributed by atoms with E-state index in [1.54, 1.807) is 35.2 Å². The van der Waals surface area contributed by atoms with Gasteiger partial charge in [0.1, 0.15) is 5.56 Å². The largest absolute Gasteiger partial charge is 0.465 e. The molecule has 0 saturated carbocycles. The van der Waals surface area contributed by atoms with Crippen LogP contribution in [0, 0.1) is 12.3 Å². The van der Waals surface area contributed by atoms with Crippen LogP contribution >= 0.6 is 47.8 Å². The number of nitrogens with two attached hydrogens (primary N) is 1. The molecule has 3 N–H and O–H groups in total. The zero-order chi connectivity index (χ0) is 32.4. The van der Waals surface area contributed by atoms with E-state index in [9.17, 15) is 18.0 Å². The van der Waals surface area contributed by atoms with Crippen molar-refractivity contribution >= 4 is 81.2 Å². The summed E-state index contributed by atoms with van der Waals surface area (Å²) in [5.74, 6) is 4.71. The number of terminal acetylenes is 1. The number of halogens is 3. The van der Waals surface area contributed by atoms with Crippen LogP contribution in [0.15, 0.2) is 93.1 Å². The fourth-order valence-corrected chi connectivity index (χ4v) is 3.86. The molecule has 0 saturated heterocycles. The fourth-order valence-electron chi connectivity index (χ4n) is 2.58. The van der Waals surface area contributed by atoms with Crippen LogP contribution in [0.25, 0.3) is 11.0 Å². The molecule has 0 fully saturated rings. The lowest BCUT2D eigenvalue weighted by Gasteiger charge is -1.98. The number of rotatable bonds is 2. The van der Waals surface area contributed by atoms with Crippen molar-refractivity contribution in [2.24, 2.45) is 5.90 Å². The van der Waals surface area contributed by atoms with Gasteiger partial charge in [-0.25, -0.2) is 18.6 Å². The lowest BCUT2D eigenvalue weighted by Crippen LogP contribution is -2.08. The topological polar surface area (TPSA) is 190 Å². The summed E-state index contributed by atoms with van der Waals surface area (Å²) in [4.78, 5) is 24.9. The zero-order valence-corrected chi connectivity index (χ0v) is 27.8. The van der Waals surface area contributed by atoms with Crippen LogP contribution in [0.3, 0.4) is 0 Å². The quantitative estimate of drug-likeness (QED) is 0.0848. The molecule has 18 heteroatoms. The van der Waals surface area contributed by atoms with E-state index < -0.39 is 16.4 Å². The van der Waals surface area contributed by atoms with Crippen LogP contribution in [0.4, 0.5) is 0 Å². The number of esters is 2. The average Bonchev–Trinajstić information content (AvgIpc) is 3.67. The molecule has 0 radical (unpaired) electrons. The molecular weight excluding hydrogens is 784 g/mol. The summed E-state index contributed by atoms with van der Waals surface area (Å²) in [6.07, 6.45) is 15.0. The van der Waals surface area contributed by atoms with E-state index in [0.29, 0.717) is 5.56 Å². The van der Waals surface area contributed by atoms with E-state index in [4.69, 9.17) is 4.55 Å². The molecular formula is C25H23Br3N6O8S. The van der Waals surface area contributed by atoms with Crippen molar-refractivity contribution in [3.05, 3.63) is 98.6 Å².